The zero-order valence-corrected chi connectivity index (χ0v) is 21.1. The Morgan fingerprint density at radius 3 is 2.23 bits per heavy atom. The molecule has 0 saturated heterocycles. The van der Waals surface area contributed by atoms with E-state index < -0.39 is 12.1 Å². The summed E-state index contributed by atoms with van der Waals surface area (Å²) in [6.07, 6.45) is 2.56. The van der Waals surface area contributed by atoms with Gasteiger partial charge in [0, 0.05) is 42.8 Å². The number of nitrogens with one attached hydrogen (secondary N) is 1. The Labute approximate surface area is 220 Å². The lowest BCUT2D eigenvalue weighted by Crippen LogP contribution is -2.28. The molecule has 0 aliphatic heterocycles. The van der Waals surface area contributed by atoms with E-state index in [0.717, 1.165) is 33.9 Å². The van der Waals surface area contributed by atoms with Crippen LogP contribution in [0.4, 0.5) is 13.2 Å². The van der Waals surface area contributed by atoms with Gasteiger partial charge in [-0.3, -0.25) is 14.3 Å². The molecule has 4 heterocycles. The maximum Gasteiger partial charge on any atom is 0.490 e. The van der Waals surface area contributed by atoms with Gasteiger partial charge in [-0.15, -0.1) is 0 Å². The van der Waals surface area contributed by atoms with Crippen molar-refractivity contribution in [2.45, 2.75) is 32.5 Å². The molecule has 12 heteroatoms. The molecule has 9 nitrogen and oxygen atoms in total. The van der Waals surface area contributed by atoms with Gasteiger partial charge in [-0.1, -0.05) is 18.2 Å². The van der Waals surface area contributed by atoms with Crippen LogP contribution in [0.25, 0.3) is 27.9 Å². The fourth-order valence-corrected chi connectivity index (χ4v) is 4.25. The predicted octanol–water partition coefficient (Wildman–Crippen LogP) is 4.96. The summed E-state index contributed by atoms with van der Waals surface area (Å²) in [6.45, 7) is 4.83. The van der Waals surface area contributed by atoms with Crippen LogP contribution in [-0.2, 0) is 11.2 Å². The quantitative estimate of drug-likeness (QED) is 0.316. The summed E-state index contributed by atoms with van der Waals surface area (Å²) in [5.74, 6) is -2.43. The first-order valence-corrected chi connectivity index (χ1v) is 12.0. The third-order valence-corrected chi connectivity index (χ3v) is 5.85. The van der Waals surface area contributed by atoms with Crippen molar-refractivity contribution < 1.29 is 27.9 Å². The molecule has 0 unspecified atom stereocenters. The fourth-order valence-electron chi connectivity index (χ4n) is 4.25. The first kappa shape index (κ1) is 27.3. The maximum absolute atomic E-state index is 13.3. The van der Waals surface area contributed by atoms with Crippen LogP contribution in [0, 0.1) is 0 Å². The van der Waals surface area contributed by atoms with Crippen molar-refractivity contribution in [3.8, 4) is 5.95 Å². The van der Waals surface area contributed by atoms with Crippen LogP contribution < -0.4 is 5.32 Å². The van der Waals surface area contributed by atoms with Gasteiger partial charge in [-0.25, -0.2) is 14.8 Å². The van der Waals surface area contributed by atoms with Crippen LogP contribution in [-0.4, -0.2) is 53.8 Å². The van der Waals surface area contributed by atoms with Gasteiger partial charge < -0.3 is 15.0 Å². The Hall–Kier alpha value is -4.74. The van der Waals surface area contributed by atoms with Crippen molar-refractivity contribution in [2.24, 2.45) is 0 Å². The van der Waals surface area contributed by atoms with Gasteiger partial charge in [0.1, 0.15) is 5.69 Å². The topological polar surface area (TPSA) is 115 Å². The first-order valence-electron chi connectivity index (χ1n) is 12.0. The monoisotopic (exact) mass is 538 g/mol. The van der Waals surface area contributed by atoms with Gasteiger partial charge in [-0.05, 0) is 56.2 Å². The van der Waals surface area contributed by atoms with E-state index in [4.69, 9.17) is 9.90 Å². The number of rotatable bonds is 6. The van der Waals surface area contributed by atoms with E-state index in [2.05, 4.69) is 50.8 Å². The highest BCUT2D eigenvalue weighted by Crippen LogP contribution is 2.35. The minimum absolute atomic E-state index is 0.151. The second-order valence-corrected chi connectivity index (χ2v) is 8.79. The van der Waals surface area contributed by atoms with Crippen molar-refractivity contribution in [3.05, 3.63) is 84.6 Å². The van der Waals surface area contributed by atoms with Gasteiger partial charge in [-0.2, -0.15) is 13.2 Å². The van der Waals surface area contributed by atoms with Crippen LogP contribution >= 0.6 is 0 Å². The number of amides is 1. The Morgan fingerprint density at radius 1 is 0.974 bits per heavy atom. The largest absolute Gasteiger partial charge is 0.490 e. The number of fused-ring (bicyclic) bond motifs is 3. The van der Waals surface area contributed by atoms with Crippen molar-refractivity contribution in [1.29, 1.82) is 0 Å². The molecule has 0 atom stereocenters. The first-order chi connectivity index (χ1) is 18.6. The normalized spacial score (nSPS) is 11.4. The number of para-hydroxylation sites is 1. The Kier molecular flexibility index (Phi) is 7.93. The van der Waals surface area contributed by atoms with Gasteiger partial charge in [0.15, 0.2) is 0 Å². The third-order valence-electron chi connectivity index (χ3n) is 5.85. The summed E-state index contributed by atoms with van der Waals surface area (Å²) >= 11 is 0. The SMILES string of the molecule is CC(C)n1c2ccccc2c2c1cc(C(=O)NCCc1ccncc1)n2-c1ncccn1.O=C(O)C(F)(F)F. The predicted molar refractivity (Wildman–Crippen MR) is 139 cm³/mol. The molecule has 5 rings (SSSR count). The maximum atomic E-state index is 13.3. The second-order valence-electron chi connectivity index (χ2n) is 8.79. The van der Waals surface area contributed by atoms with E-state index >= 15 is 0 Å². The number of hydrogen-bond acceptors (Lipinski definition) is 5. The van der Waals surface area contributed by atoms with Gasteiger partial charge in [0.2, 0.25) is 5.95 Å². The lowest BCUT2D eigenvalue weighted by molar-refractivity contribution is -0.192. The molecule has 1 amide bonds. The molecule has 0 saturated carbocycles. The molecule has 202 valence electrons. The third kappa shape index (κ3) is 5.89. The van der Waals surface area contributed by atoms with Crippen molar-refractivity contribution >= 4 is 33.8 Å². The molecule has 0 aliphatic carbocycles. The molecule has 2 N–H and O–H groups in total. The molecule has 0 bridgehead atoms. The van der Waals surface area contributed by atoms with Crippen LogP contribution in [0.1, 0.15) is 35.9 Å². The number of nitrogens with zero attached hydrogens (tertiary/aromatic N) is 5. The smallest absolute Gasteiger partial charge is 0.475 e. The Balaban J connectivity index is 0.000000448. The minimum Gasteiger partial charge on any atom is -0.475 e. The lowest BCUT2D eigenvalue weighted by atomic mass is 10.2. The zero-order chi connectivity index (χ0) is 28.2. The molecule has 39 heavy (non-hydrogen) atoms. The summed E-state index contributed by atoms with van der Waals surface area (Å²) in [4.78, 5) is 35.2. The summed E-state index contributed by atoms with van der Waals surface area (Å²) in [7, 11) is 0. The van der Waals surface area contributed by atoms with E-state index in [-0.39, 0.29) is 11.9 Å². The zero-order valence-electron chi connectivity index (χ0n) is 21.1. The number of pyridine rings is 1. The Morgan fingerprint density at radius 2 is 1.62 bits per heavy atom. The van der Waals surface area contributed by atoms with Crippen LogP contribution in [0.15, 0.2) is 73.3 Å². The van der Waals surface area contributed by atoms with Gasteiger partial charge in [0.25, 0.3) is 5.91 Å². The summed E-state index contributed by atoms with van der Waals surface area (Å²) in [5.41, 5.74) is 4.72. The highest BCUT2D eigenvalue weighted by Gasteiger charge is 2.38. The molecule has 0 radical (unpaired) electrons. The van der Waals surface area contributed by atoms with E-state index in [0.29, 0.717) is 18.2 Å². The van der Waals surface area contributed by atoms with Gasteiger partial charge in [0.05, 0.1) is 16.6 Å². The van der Waals surface area contributed by atoms with Crippen molar-refractivity contribution in [2.75, 3.05) is 6.54 Å². The molecule has 0 aliphatic rings. The lowest BCUT2D eigenvalue weighted by Gasteiger charge is -2.11. The molecule has 0 spiro atoms. The Bertz CT molecular complexity index is 1600. The van der Waals surface area contributed by atoms with E-state index in [1.54, 1.807) is 30.9 Å². The molecule has 1 aromatic carbocycles. The molecular weight excluding hydrogens is 513 g/mol. The van der Waals surface area contributed by atoms with E-state index in [9.17, 15) is 18.0 Å². The van der Waals surface area contributed by atoms with Crippen LogP contribution in [0.3, 0.4) is 0 Å². The van der Waals surface area contributed by atoms with Crippen LogP contribution in [0.2, 0.25) is 0 Å². The van der Waals surface area contributed by atoms with E-state index in [1.807, 2.05) is 34.9 Å². The van der Waals surface area contributed by atoms with Gasteiger partial charge >= 0.3 is 12.1 Å². The summed E-state index contributed by atoms with van der Waals surface area (Å²) in [6, 6.07) is 16.1. The molecule has 5 aromatic rings. The van der Waals surface area contributed by atoms with Crippen molar-refractivity contribution in [1.82, 2.24) is 29.4 Å². The number of aromatic nitrogens is 5. The number of carboxylic acids is 1. The molecule has 0 fully saturated rings. The standard InChI is InChI=1S/C25H24N6O.C2HF3O2/c1-17(2)30-20-7-4-3-6-19(20)23-21(30)16-22(31(23)25-28-11-5-12-29-25)24(32)27-15-10-18-8-13-26-14-9-18;3-2(4,5)1(6)7/h3-9,11-14,16-17H,10,15H2,1-2H3,(H,27,32);(H,6,7). The number of carbonyl (C=O) groups excluding carboxylic acids is 1. The number of carboxylic acid groups (broad SMARTS) is 1. The number of aliphatic carboxylic acids is 1. The molecule has 4 aromatic heterocycles. The number of alkyl halides is 3. The number of carbonyl (C=O) groups is 2. The number of halogens is 3. The average molecular weight is 539 g/mol. The minimum atomic E-state index is -5.08. The second kappa shape index (κ2) is 11.3. The van der Waals surface area contributed by atoms with Crippen LogP contribution in [0.5, 0.6) is 0 Å². The fraction of sp³-hybridized carbons (Fsp3) is 0.222. The van der Waals surface area contributed by atoms with E-state index in [1.165, 1.54) is 0 Å². The number of benzene rings is 1. The highest BCUT2D eigenvalue weighted by molar-refractivity contribution is 6.11. The highest BCUT2D eigenvalue weighted by atomic mass is 19.4. The summed E-state index contributed by atoms with van der Waals surface area (Å²) in [5, 5.41) is 11.3. The summed E-state index contributed by atoms with van der Waals surface area (Å²) < 4.78 is 35.9. The average Bonchev–Trinajstić information content (AvgIpc) is 3.44. The number of hydrogen-bond donors (Lipinski definition) is 2. The van der Waals surface area contributed by atoms with Crippen molar-refractivity contribution in [3.63, 3.8) is 0 Å². The molecular formula is C27H25F3N6O3.